The Morgan fingerprint density at radius 1 is 1.32 bits per heavy atom. The highest BCUT2D eigenvalue weighted by molar-refractivity contribution is 6.00. The van der Waals surface area contributed by atoms with Crippen LogP contribution in [0.4, 0.5) is 10.1 Å². The maximum absolute atomic E-state index is 14.3. The van der Waals surface area contributed by atoms with E-state index in [0.717, 1.165) is 31.2 Å². The van der Waals surface area contributed by atoms with Crippen molar-refractivity contribution in [2.45, 2.75) is 51.5 Å². The lowest BCUT2D eigenvalue weighted by Crippen LogP contribution is -2.47. The number of anilines is 1. The van der Waals surface area contributed by atoms with Crippen LogP contribution in [-0.4, -0.2) is 28.5 Å². The summed E-state index contributed by atoms with van der Waals surface area (Å²) in [6, 6.07) is 4.73. The van der Waals surface area contributed by atoms with Crippen molar-refractivity contribution >= 4 is 17.5 Å². The Bertz CT molecular complexity index is 920. The monoisotopic (exact) mass is 386 g/mol. The van der Waals surface area contributed by atoms with Crippen LogP contribution in [0.25, 0.3) is 0 Å². The lowest BCUT2D eigenvalue weighted by Gasteiger charge is -2.28. The summed E-state index contributed by atoms with van der Waals surface area (Å²) in [5.41, 5.74) is 0.344. The Morgan fingerprint density at radius 2 is 2.07 bits per heavy atom. The number of amides is 2. The van der Waals surface area contributed by atoms with Gasteiger partial charge in [-0.3, -0.25) is 9.59 Å². The molecule has 1 aromatic carbocycles. The third-order valence-electron chi connectivity index (χ3n) is 5.66. The van der Waals surface area contributed by atoms with Gasteiger partial charge in [0.25, 0.3) is 0 Å². The normalized spacial score (nSPS) is 21.3. The summed E-state index contributed by atoms with van der Waals surface area (Å²) >= 11 is 0. The second-order valence-corrected chi connectivity index (χ2v) is 7.78. The molecule has 2 heterocycles. The molecule has 0 bridgehead atoms. The van der Waals surface area contributed by atoms with Gasteiger partial charge in [0.1, 0.15) is 11.4 Å². The molecule has 148 valence electrons. The molecule has 0 radical (unpaired) electrons. The first kappa shape index (κ1) is 18.6. The third-order valence-corrected chi connectivity index (χ3v) is 5.66. The van der Waals surface area contributed by atoms with Gasteiger partial charge in [0.05, 0.1) is 11.6 Å². The van der Waals surface area contributed by atoms with E-state index in [1.165, 1.54) is 11.0 Å². The van der Waals surface area contributed by atoms with E-state index in [-0.39, 0.29) is 30.5 Å². The largest absolute Gasteiger partial charge is 0.343 e. The highest BCUT2D eigenvalue weighted by Gasteiger charge is 2.44. The van der Waals surface area contributed by atoms with Gasteiger partial charge < -0.3 is 14.7 Å². The Balaban J connectivity index is 1.51. The average molecular weight is 386 g/mol. The molecule has 2 amide bonds. The Morgan fingerprint density at radius 3 is 2.71 bits per heavy atom. The van der Waals surface area contributed by atoms with Gasteiger partial charge in [-0.2, -0.15) is 4.98 Å². The zero-order valence-corrected chi connectivity index (χ0v) is 16.0. The third kappa shape index (κ3) is 3.27. The second-order valence-electron chi connectivity index (χ2n) is 7.78. The Labute approximate surface area is 162 Å². The van der Waals surface area contributed by atoms with Crippen molar-refractivity contribution in [1.82, 2.24) is 15.5 Å². The number of benzene rings is 1. The van der Waals surface area contributed by atoms with Gasteiger partial charge in [0.15, 0.2) is 5.82 Å². The summed E-state index contributed by atoms with van der Waals surface area (Å²) < 4.78 is 19.4. The van der Waals surface area contributed by atoms with Crippen molar-refractivity contribution < 1.29 is 18.5 Å². The summed E-state index contributed by atoms with van der Waals surface area (Å²) in [6.07, 6.45) is 3.43. The Hall–Kier alpha value is -2.77. The molecule has 1 atom stereocenters. The quantitative estimate of drug-likeness (QED) is 0.873. The van der Waals surface area contributed by atoms with E-state index in [2.05, 4.69) is 15.5 Å². The van der Waals surface area contributed by atoms with E-state index in [9.17, 15) is 14.0 Å². The molecule has 1 aromatic heterocycles. The van der Waals surface area contributed by atoms with E-state index in [1.807, 2.05) is 0 Å². The van der Waals surface area contributed by atoms with Crippen LogP contribution < -0.4 is 10.2 Å². The highest BCUT2D eigenvalue weighted by Crippen LogP contribution is 2.38. The van der Waals surface area contributed by atoms with Gasteiger partial charge >= 0.3 is 0 Å². The molecule has 28 heavy (non-hydrogen) atoms. The fraction of sp³-hybridized carbons (Fsp3) is 0.500. The van der Waals surface area contributed by atoms with Gasteiger partial charge in [-0.1, -0.05) is 24.1 Å². The van der Waals surface area contributed by atoms with Crippen molar-refractivity contribution in [3.05, 3.63) is 41.3 Å². The highest BCUT2D eigenvalue weighted by atomic mass is 19.1. The molecule has 1 aliphatic heterocycles. The number of halogens is 1. The van der Waals surface area contributed by atoms with Crippen molar-refractivity contribution in [2.75, 3.05) is 11.4 Å². The van der Waals surface area contributed by atoms with E-state index in [4.69, 9.17) is 4.52 Å². The summed E-state index contributed by atoms with van der Waals surface area (Å²) in [5.74, 6) is -0.539. The van der Waals surface area contributed by atoms with Crippen LogP contribution in [0, 0.1) is 25.6 Å². The fourth-order valence-electron chi connectivity index (χ4n) is 4.16. The number of nitrogens with one attached hydrogen (secondary N) is 1. The van der Waals surface area contributed by atoms with Gasteiger partial charge in [-0.15, -0.1) is 0 Å². The Kier molecular flexibility index (Phi) is 4.64. The van der Waals surface area contributed by atoms with Crippen LogP contribution in [0.5, 0.6) is 0 Å². The summed E-state index contributed by atoms with van der Waals surface area (Å²) in [6.45, 7) is 3.66. The summed E-state index contributed by atoms with van der Waals surface area (Å²) in [4.78, 5) is 31.1. The van der Waals surface area contributed by atoms with Crippen LogP contribution >= 0.6 is 0 Å². The van der Waals surface area contributed by atoms with E-state index >= 15 is 0 Å². The average Bonchev–Trinajstić information content (AvgIpc) is 3.36. The van der Waals surface area contributed by atoms with Crippen LogP contribution in [0.15, 0.2) is 22.7 Å². The smallest absolute Gasteiger partial charge is 0.227 e. The number of nitrogens with zero attached hydrogens (tertiary/aromatic N) is 3. The predicted molar refractivity (Wildman–Crippen MR) is 98.9 cm³/mol. The lowest BCUT2D eigenvalue weighted by atomic mass is 9.94. The summed E-state index contributed by atoms with van der Waals surface area (Å²) in [7, 11) is 0. The van der Waals surface area contributed by atoms with Gasteiger partial charge in [0, 0.05) is 19.9 Å². The number of carbonyl (C=O) groups is 2. The fourth-order valence-corrected chi connectivity index (χ4v) is 4.16. The molecule has 0 spiro atoms. The number of rotatable bonds is 4. The molecule has 2 fully saturated rings. The molecule has 4 rings (SSSR count). The number of aromatic nitrogens is 2. The molecule has 7 nitrogen and oxygen atoms in total. The van der Waals surface area contributed by atoms with Crippen molar-refractivity contribution in [3.63, 3.8) is 0 Å². The molecular weight excluding hydrogens is 363 g/mol. The first-order valence-electron chi connectivity index (χ1n) is 9.57. The van der Waals surface area contributed by atoms with Gasteiger partial charge in [0.2, 0.25) is 17.7 Å². The predicted octanol–water partition coefficient (Wildman–Crippen LogP) is 2.76. The van der Waals surface area contributed by atoms with E-state index in [1.54, 1.807) is 26.0 Å². The van der Waals surface area contributed by atoms with Crippen molar-refractivity contribution in [3.8, 4) is 0 Å². The van der Waals surface area contributed by atoms with Crippen LogP contribution in [-0.2, 0) is 15.1 Å². The zero-order chi connectivity index (χ0) is 19.9. The molecule has 2 aromatic rings. The van der Waals surface area contributed by atoms with Crippen LogP contribution in [0.2, 0.25) is 0 Å². The van der Waals surface area contributed by atoms with Gasteiger partial charge in [-0.05, 0) is 37.5 Å². The van der Waals surface area contributed by atoms with E-state index in [0.29, 0.717) is 11.7 Å². The molecule has 1 unspecified atom stereocenters. The van der Waals surface area contributed by atoms with Crippen molar-refractivity contribution in [2.24, 2.45) is 5.92 Å². The van der Waals surface area contributed by atoms with Crippen LogP contribution in [0.1, 0.15) is 49.4 Å². The first-order valence-corrected chi connectivity index (χ1v) is 9.57. The molecular formula is C20H23FN4O3. The number of hydrogen-bond acceptors (Lipinski definition) is 5. The van der Waals surface area contributed by atoms with Gasteiger partial charge in [-0.25, -0.2) is 4.39 Å². The maximum atomic E-state index is 14.3. The lowest BCUT2D eigenvalue weighted by molar-refractivity contribution is -0.128. The molecule has 1 N–H and O–H groups in total. The molecule has 8 heteroatoms. The van der Waals surface area contributed by atoms with Crippen molar-refractivity contribution in [1.29, 1.82) is 0 Å². The summed E-state index contributed by atoms with van der Waals surface area (Å²) in [5, 5.41) is 7.10. The maximum Gasteiger partial charge on any atom is 0.227 e. The standard InChI is InChI=1S/C20H23FN4O3/c1-12-5-6-16(15(21)9-12)25-11-14(10-17(25)26)18(27)23-20(7-3-4-8-20)19-22-13(2)28-24-19/h5-6,9,14H,3-4,7-8,10-11H2,1-2H3,(H,23,27). The number of carbonyl (C=O) groups excluding carboxylic acids is 2. The van der Waals surface area contributed by atoms with E-state index < -0.39 is 17.3 Å². The minimum absolute atomic E-state index is 0.0561. The minimum atomic E-state index is -0.652. The second kappa shape index (κ2) is 7.00. The van der Waals surface area contributed by atoms with Crippen LogP contribution in [0.3, 0.4) is 0 Å². The molecule has 1 saturated carbocycles. The molecule has 1 saturated heterocycles. The topological polar surface area (TPSA) is 88.3 Å². The number of hydrogen-bond donors (Lipinski definition) is 1. The zero-order valence-electron chi connectivity index (χ0n) is 16.0. The SMILES string of the molecule is Cc1ccc(N2CC(C(=O)NC3(c4noc(C)n4)CCCC3)CC2=O)c(F)c1. The minimum Gasteiger partial charge on any atom is -0.343 e. The number of aryl methyl sites for hydroxylation is 2. The molecule has 2 aliphatic rings. The molecule has 1 aliphatic carbocycles. The first-order chi connectivity index (χ1) is 13.4.